The zero-order valence-electron chi connectivity index (χ0n) is 11.9. The van der Waals surface area contributed by atoms with Crippen LogP contribution in [0.5, 0.6) is 0 Å². The van der Waals surface area contributed by atoms with Crippen LogP contribution in [0.4, 0.5) is 0 Å². The summed E-state index contributed by atoms with van der Waals surface area (Å²) in [5.74, 6) is 0.216. The molecule has 0 aliphatic carbocycles. The monoisotopic (exact) mass is 283 g/mol. The van der Waals surface area contributed by atoms with Crippen molar-refractivity contribution in [2.75, 3.05) is 0 Å². The minimum absolute atomic E-state index is 0.173. The third kappa shape index (κ3) is 2.45. The number of aromatic nitrogens is 4. The average molecular weight is 283 g/mol. The Bertz CT molecular complexity index is 819. The van der Waals surface area contributed by atoms with E-state index in [9.17, 15) is 4.79 Å². The molecule has 0 aliphatic heterocycles. The molecule has 0 saturated heterocycles. The maximum atomic E-state index is 12.2. The summed E-state index contributed by atoms with van der Waals surface area (Å²) in [5.41, 5.74) is 8.58. The summed E-state index contributed by atoms with van der Waals surface area (Å²) in [6.07, 6.45) is 1.71. The van der Waals surface area contributed by atoms with Crippen molar-refractivity contribution in [1.29, 1.82) is 0 Å². The molecule has 0 aromatic carbocycles. The fourth-order valence-electron chi connectivity index (χ4n) is 2.18. The first-order chi connectivity index (χ1) is 10.1. The lowest BCUT2D eigenvalue weighted by Crippen LogP contribution is -2.23. The van der Waals surface area contributed by atoms with Crippen LogP contribution in [0.2, 0.25) is 0 Å². The van der Waals surface area contributed by atoms with E-state index < -0.39 is 0 Å². The molecule has 0 radical (unpaired) electrons. The van der Waals surface area contributed by atoms with Crippen LogP contribution in [0.1, 0.15) is 25.6 Å². The maximum absolute atomic E-state index is 12.2. The molecular formula is C15H17N5O. The van der Waals surface area contributed by atoms with Gasteiger partial charge in [0.15, 0.2) is 5.65 Å². The van der Waals surface area contributed by atoms with Gasteiger partial charge in [-0.2, -0.15) is 0 Å². The van der Waals surface area contributed by atoms with Crippen LogP contribution in [0.15, 0.2) is 41.3 Å². The van der Waals surface area contributed by atoms with Gasteiger partial charge in [0, 0.05) is 24.4 Å². The molecule has 1 unspecified atom stereocenters. The number of hydrogen-bond acceptors (Lipinski definition) is 4. The molecule has 0 amide bonds. The van der Waals surface area contributed by atoms with Gasteiger partial charge in [-0.3, -0.25) is 14.9 Å². The lowest BCUT2D eigenvalue weighted by Gasteiger charge is -2.14. The zero-order chi connectivity index (χ0) is 15.0. The summed E-state index contributed by atoms with van der Waals surface area (Å²) >= 11 is 0. The Labute approximate surface area is 121 Å². The van der Waals surface area contributed by atoms with E-state index in [1.807, 2.05) is 32.0 Å². The van der Waals surface area contributed by atoms with Gasteiger partial charge in [-0.05, 0) is 18.1 Å². The van der Waals surface area contributed by atoms with Crippen LogP contribution < -0.4 is 11.3 Å². The number of nitrogens with zero attached hydrogens (tertiary/aromatic N) is 3. The zero-order valence-corrected chi connectivity index (χ0v) is 11.9. The standard InChI is InChI=1S/C15H17N5O/c1-9(2)15(16)12-8-14(21)20-13(18-12)7-11(19-20)10-5-3-4-6-17-10/h3-9,15,19H,16H2,1-2H3. The highest BCUT2D eigenvalue weighted by atomic mass is 16.1. The first-order valence-corrected chi connectivity index (χ1v) is 6.86. The van der Waals surface area contributed by atoms with E-state index in [1.165, 1.54) is 10.6 Å². The summed E-state index contributed by atoms with van der Waals surface area (Å²) in [4.78, 5) is 20.9. The fourth-order valence-corrected chi connectivity index (χ4v) is 2.18. The topological polar surface area (TPSA) is 89.1 Å². The first kappa shape index (κ1) is 13.5. The van der Waals surface area contributed by atoms with Gasteiger partial charge in [0.1, 0.15) is 0 Å². The van der Waals surface area contributed by atoms with Gasteiger partial charge in [-0.25, -0.2) is 9.50 Å². The first-order valence-electron chi connectivity index (χ1n) is 6.86. The van der Waals surface area contributed by atoms with Gasteiger partial charge in [-0.1, -0.05) is 19.9 Å². The SMILES string of the molecule is CC(C)C(N)c1cc(=O)n2[nH]c(-c3ccccn3)cc2n1. The van der Waals surface area contributed by atoms with Gasteiger partial charge < -0.3 is 5.73 Å². The van der Waals surface area contributed by atoms with E-state index in [0.717, 1.165) is 11.4 Å². The number of H-pyrrole nitrogens is 1. The summed E-state index contributed by atoms with van der Waals surface area (Å²) in [6.45, 7) is 4.01. The Kier molecular flexibility index (Phi) is 3.31. The average Bonchev–Trinajstić information content (AvgIpc) is 2.92. The molecule has 6 nitrogen and oxygen atoms in total. The number of aromatic amines is 1. The number of nitrogens with one attached hydrogen (secondary N) is 1. The van der Waals surface area contributed by atoms with Gasteiger partial charge in [0.2, 0.25) is 0 Å². The molecule has 108 valence electrons. The maximum Gasteiger partial charge on any atom is 0.272 e. The second kappa shape index (κ2) is 5.14. The molecule has 1 atom stereocenters. The highest BCUT2D eigenvalue weighted by Crippen LogP contribution is 2.18. The second-order valence-electron chi connectivity index (χ2n) is 5.37. The van der Waals surface area contributed by atoms with Crippen molar-refractivity contribution >= 4 is 5.65 Å². The van der Waals surface area contributed by atoms with E-state index in [2.05, 4.69) is 15.1 Å². The summed E-state index contributed by atoms with van der Waals surface area (Å²) in [7, 11) is 0. The molecule has 6 heteroatoms. The molecule has 3 aromatic heterocycles. The van der Waals surface area contributed by atoms with Crippen LogP contribution in [-0.4, -0.2) is 19.6 Å². The molecule has 0 saturated carbocycles. The van der Waals surface area contributed by atoms with E-state index in [1.54, 1.807) is 12.3 Å². The number of hydrogen-bond donors (Lipinski definition) is 2. The van der Waals surface area contributed by atoms with Crippen LogP contribution in [0.3, 0.4) is 0 Å². The van der Waals surface area contributed by atoms with Gasteiger partial charge in [-0.15, -0.1) is 0 Å². The highest BCUT2D eigenvalue weighted by molar-refractivity contribution is 5.60. The number of pyridine rings is 1. The van der Waals surface area contributed by atoms with Gasteiger partial charge in [0.25, 0.3) is 5.56 Å². The van der Waals surface area contributed by atoms with Gasteiger partial charge >= 0.3 is 0 Å². The Balaban J connectivity index is 2.14. The molecule has 3 heterocycles. The van der Waals surface area contributed by atoms with Crippen LogP contribution in [0.25, 0.3) is 17.0 Å². The lowest BCUT2D eigenvalue weighted by molar-refractivity contribution is 0.502. The minimum atomic E-state index is -0.254. The van der Waals surface area contributed by atoms with E-state index in [0.29, 0.717) is 11.3 Å². The predicted molar refractivity (Wildman–Crippen MR) is 80.8 cm³/mol. The van der Waals surface area contributed by atoms with Crippen LogP contribution in [0, 0.1) is 5.92 Å². The second-order valence-corrected chi connectivity index (χ2v) is 5.37. The van der Waals surface area contributed by atoms with Crippen LogP contribution in [-0.2, 0) is 0 Å². The quantitative estimate of drug-likeness (QED) is 0.766. The van der Waals surface area contributed by atoms with Crippen molar-refractivity contribution in [2.45, 2.75) is 19.9 Å². The molecule has 3 N–H and O–H groups in total. The normalized spacial score (nSPS) is 13.0. The minimum Gasteiger partial charge on any atom is -0.322 e. The summed E-state index contributed by atoms with van der Waals surface area (Å²) < 4.78 is 1.40. The largest absolute Gasteiger partial charge is 0.322 e. The number of fused-ring (bicyclic) bond motifs is 1. The molecule has 21 heavy (non-hydrogen) atoms. The Hall–Kier alpha value is -2.47. The van der Waals surface area contributed by atoms with E-state index in [-0.39, 0.29) is 17.5 Å². The Morgan fingerprint density at radius 3 is 2.76 bits per heavy atom. The summed E-state index contributed by atoms with van der Waals surface area (Å²) in [5, 5.41) is 3.01. The fraction of sp³-hybridized carbons (Fsp3) is 0.267. The molecule has 0 aliphatic rings. The van der Waals surface area contributed by atoms with Crippen molar-refractivity contribution in [3.05, 3.63) is 52.6 Å². The van der Waals surface area contributed by atoms with Crippen molar-refractivity contribution in [3.8, 4) is 11.4 Å². The highest BCUT2D eigenvalue weighted by Gasteiger charge is 2.15. The molecule has 0 bridgehead atoms. The van der Waals surface area contributed by atoms with Crippen molar-refractivity contribution in [2.24, 2.45) is 11.7 Å². The Morgan fingerprint density at radius 2 is 2.10 bits per heavy atom. The molecule has 3 rings (SSSR count). The third-order valence-corrected chi connectivity index (χ3v) is 3.47. The molecule has 0 fully saturated rings. The molecular weight excluding hydrogens is 266 g/mol. The van der Waals surface area contributed by atoms with Crippen molar-refractivity contribution in [3.63, 3.8) is 0 Å². The number of rotatable bonds is 3. The third-order valence-electron chi connectivity index (χ3n) is 3.47. The van der Waals surface area contributed by atoms with E-state index in [4.69, 9.17) is 5.73 Å². The van der Waals surface area contributed by atoms with Crippen molar-refractivity contribution in [1.82, 2.24) is 19.6 Å². The lowest BCUT2D eigenvalue weighted by atomic mass is 10.0. The number of nitrogens with two attached hydrogens (primary N) is 1. The summed E-state index contributed by atoms with van der Waals surface area (Å²) in [6, 6.07) is 8.64. The predicted octanol–water partition coefficient (Wildman–Crippen LogP) is 1.74. The van der Waals surface area contributed by atoms with Crippen molar-refractivity contribution < 1.29 is 0 Å². The van der Waals surface area contributed by atoms with Crippen LogP contribution >= 0.6 is 0 Å². The Morgan fingerprint density at radius 1 is 1.29 bits per heavy atom. The molecule has 3 aromatic rings. The smallest absolute Gasteiger partial charge is 0.272 e. The van der Waals surface area contributed by atoms with Gasteiger partial charge in [0.05, 0.1) is 17.1 Å². The molecule has 0 spiro atoms. The van der Waals surface area contributed by atoms with E-state index >= 15 is 0 Å².